The summed E-state index contributed by atoms with van der Waals surface area (Å²) in [7, 11) is 3.41. The lowest BCUT2D eigenvalue weighted by molar-refractivity contribution is -0.127. The van der Waals surface area contributed by atoms with Gasteiger partial charge in [-0.15, -0.1) is 0 Å². The van der Waals surface area contributed by atoms with Gasteiger partial charge in [0, 0.05) is 26.7 Å². The van der Waals surface area contributed by atoms with Gasteiger partial charge in [0.15, 0.2) is 11.7 Å². The van der Waals surface area contributed by atoms with Gasteiger partial charge in [-0.3, -0.25) is 4.79 Å². The normalized spacial score (nSPS) is 11.5. The first kappa shape index (κ1) is 18.7. The van der Waals surface area contributed by atoms with Crippen LogP contribution in [0.1, 0.15) is 38.1 Å². The molecule has 7 nitrogen and oxygen atoms in total. The SMILES string of the molecule is C=C(C)CNC(=NCC(=O)N(C)C)NCc1cc(C(C)C)no1. The molecule has 0 aliphatic heterocycles. The van der Waals surface area contributed by atoms with Gasteiger partial charge in [0.05, 0.1) is 12.2 Å². The Labute approximate surface area is 137 Å². The molecular weight excluding hydrogens is 294 g/mol. The highest BCUT2D eigenvalue weighted by Gasteiger charge is 2.09. The Morgan fingerprint density at radius 2 is 2.13 bits per heavy atom. The summed E-state index contributed by atoms with van der Waals surface area (Å²) in [5.41, 5.74) is 1.89. The summed E-state index contributed by atoms with van der Waals surface area (Å²) in [5, 5.41) is 10.3. The van der Waals surface area contributed by atoms with Gasteiger partial charge in [-0.25, -0.2) is 4.99 Å². The number of hydrogen-bond donors (Lipinski definition) is 2. The van der Waals surface area contributed by atoms with E-state index in [4.69, 9.17) is 4.52 Å². The van der Waals surface area contributed by atoms with Crippen LogP contribution in [-0.2, 0) is 11.3 Å². The van der Waals surface area contributed by atoms with Crippen molar-refractivity contribution in [2.75, 3.05) is 27.2 Å². The molecule has 0 saturated carbocycles. The molecule has 1 aromatic rings. The van der Waals surface area contributed by atoms with Crippen LogP contribution in [0.2, 0.25) is 0 Å². The largest absolute Gasteiger partial charge is 0.359 e. The first-order valence-electron chi connectivity index (χ1n) is 7.61. The van der Waals surface area contributed by atoms with Gasteiger partial charge in [-0.05, 0) is 12.8 Å². The lowest BCUT2D eigenvalue weighted by Crippen LogP contribution is -2.38. The number of carbonyl (C=O) groups excluding carboxylic acids is 1. The number of aliphatic imine (C=N–C) groups is 1. The van der Waals surface area contributed by atoms with Crippen molar-refractivity contribution in [1.29, 1.82) is 0 Å². The Morgan fingerprint density at radius 1 is 1.43 bits per heavy atom. The lowest BCUT2D eigenvalue weighted by Gasteiger charge is -2.13. The second-order valence-corrected chi connectivity index (χ2v) is 5.99. The molecule has 0 atom stereocenters. The monoisotopic (exact) mass is 321 g/mol. The van der Waals surface area contributed by atoms with E-state index in [1.54, 1.807) is 14.1 Å². The van der Waals surface area contributed by atoms with Crippen LogP contribution in [0.5, 0.6) is 0 Å². The van der Waals surface area contributed by atoms with Crippen LogP contribution >= 0.6 is 0 Å². The molecule has 0 fully saturated rings. The highest BCUT2D eigenvalue weighted by atomic mass is 16.5. The number of nitrogens with zero attached hydrogens (tertiary/aromatic N) is 3. The quantitative estimate of drug-likeness (QED) is 0.452. The molecule has 0 spiro atoms. The minimum Gasteiger partial charge on any atom is -0.359 e. The van der Waals surface area contributed by atoms with Gasteiger partial charge in [0.1, 0.15) is 6.54 Å². The van der Waals surface area contributed by atoms with Gasteiger partial charge in [0.2, 0.25) is 5.91 Å². The summed E-state index contributed by atoms with van der Waals surface area (Å²) in [6.45, 7) is 11.0. The second-order valence-electron chi connectivity index (χ2n) is 5.99. The molecule has 1 rings (SSSR count). The fourth-order valence-corrected chi connectivity index (χ4v) is 1.55. The third-order valence-corrected chi connectivity index (χ3v) is 3.03. The maximum atomic E-state index is 11.7. The molecule has 128 valence electrons. The maximum Gasteiger partial charge on any atom is 0.243 e. The first-order valence-corrected chi connectivity index (χ1v) is 7.61. The fraction of sp³-hybridized carbons (Fsp3) is 0.562. The summed E-state index contributed by atoms with van der Waals surface area (Å²) < 4.78 is 5.28. The van der Waals surface area contributed by atoms with Crippen molar-refractivity contribution >= 4 is 11.9 Å². The molecule has 0 unspecified atom stereocenters. The average Bonchev–Trinajstić information content (AvgIpc) is 2.94. The number of guanidine groups is 1. The van der Waals surface area contributed by atoms with E-state index in [1.165, 1.54) is 4.90 Å². The molecule has 0 aliphatic carbocycles. The zero-order valence-electron chi connectivity index (χ0n) is 14.6. The van der Waals surface area contributed by atoms with Gasteiger partial charge in [-0.2, -0.15) is 0 Å². The standard InChI is InChI=1S/C16H27N5O2/c1-11(2)8-17-16(19-10-15(22)21(5)6)18-9-13-7-14(12(3)4)20-23-13/h7,12H,1,8-10H2,2-6H3,(H2,17,18,19). The molecule has 2 N–H and O–H groups in total. The van der Waals surface area contributed by atoms with Crippen LogP contribution in [0.15, 0.2) is 27.7 Å². The van der Waals surface area contributed by atoms with Crippen molar-refractivity contribution in [3.63, 3.8) is 0 Å². The number of carbonyl (C=O) groups is 1. The fourth-order valence-electron chi connectivity index (χ4n) is 1.55. The smallest absolute Gasteiger partial charge is 0.243 e. The Bertz CT molecular complexity index is 561. The number of aromatic nitrogens is 1. The Balaban J connectivity index is 2.65. The van der Waals surface area contributed by atoms with Gasteiger partial charge in [0.25, 0.3) is 0 Å². The molecule has 1 aromatic heterocycles. The zero-order chi connectivity index (χ0) is 17.4. The predicted octanol–water partition coefficient (Wildman–Crippen LogP) is 1.50. The van der Waals surface area contributed by atoms with Crippen molar-refractivity contribution in [1.82, 2.24) is 20.7 Å². The minimum absolute atomic E-state index is 0.0665. The van der Waals surface area contributed by atoms with E-state index in [2.05, 4.69) is 41.2 Å². The highest BCUT2D eigenvalue weighted by molar-refractivity contribution is 5.84. The summed E-state index contributed by atoms with van der Waals surface area (Å²) >= 11 is 0. The molecule has 23 heavy (non-hydrogen) atoms. The highest BCUT2D eigenvalue weighted by Crippen LogP contribution is 2.13. The van der Waals surface area contributed by atoms with Crippen molar-refractivity contribution in [3.05, 3.63) is 29.7 Å². The van der Waals surface area contributed by atoms with Crippen molar-refractivity contribution in [3.8, 4) is 0 Å². The van der Waals surface area contributed by atoms with Crippen molar-refractivity contribution in [2.24, 2.45) is 4.99 Å². The predicted molar refractivity (Wildman–Crippen MR) is 91.2 cm³/mol. The van der Waals surface area contributed by atoms with E-state index in [-0.39, 0.29) is 12.5 Å². The Morgan fingerprint density at radius 3 is 2.65 bits per heavy atom. The minimum atomic E-state index is -0.0665. The summed E-state index contributed by atoms with van der Waals surface area (Å²) in [6.07, 6.45) is 0. The van der Waals surface area contributed by atoms with Crippen LogP contribution in [0, 0.1) is 0 Å². The average molecular weight is 321 g/mol. The van der Waals surface area contributed by atoms with Crippen LogP contribution in [0.4, 0.5) is 0 Å². The van der Waals surface area contributed by atoms with Crippen LogP contribution < -0.4 is 10.6 Å². The van der Waals surface area contributed by atoms with E-state index >= 15 is 0 Å². The molecule has 0 aromatic carbocycles. The molecule has 7 heteroatoms. The van der Waals surface area contributed by atoms with Crippen molar-refractivity contribution in [2.45, 2.75) is 33.2 Å². The Hall–Kier alpha value is -2.31. The number of likely N-dealkylation sites (N-methyl/N-ethyl adjacent to an activating group) is 1. The molecular formula is C16H27N5O2. The molecule has 0 saturated heterocycles. The van der Waals surface area contributed by atoms with Crippen LogP contribution in [0.3, 0.4) is 0 Å². The van der Waals surface area contributed by atoms with Crippen LogP contribution in [-0.4, -0.2) is 49.1 Å². The number of amides is 1. The molecule has 1 heterocycles. The summed E-state index contributed by atoms with van der Waals surface area (Å²) in [5.74, 6) is 1.51. The van der Waals surface area contributed by atoms with Gasteiger partial charge < -0.3 is 20.1 Å². The van der Waals surface area contributed by atoms with E-state index < -0.39 is 0 Å². The van der Waals surface area contributed by atoms with E-state index in [1.807, 2.05) is 13.0 Å². The van der Waals surface area contributed by atoms with E-state index in [0.29, 0.717) is 25.0 Å². The molecule has 1 amide bonds. The maximum absolute atomic E-state index is 11.7. The number of rotatable bonds is 7. The summed E-state index contributed by atoms with van der Waals surface area (Å²) in [4.78, 5) is 17.4. The van der Waals surface area contributed by atoms with Crippen molar-refractivity contribution < 1.29 is 9.32 Å². The molecule has 0 radical (unpaired) electrons. The molecule has 0 bridgehead atoms. The van der Waals surface area contributed by atoms with E-state index in [9.17, 15) is 4.79 Å². The summed E-state index contributed by atoms with van der Waals surface area (Å²) in [6, 6.07) is 1.92. The first-order chi connectivity index (χ1) is 10.8. The second kappa shape index (κ2) is 8.97. The zero-order valence-corrected chi connectivity index (χ0v) is 14.6. The van der Waals surface area contributed by atoms with E-state index in [0.717, 1.165) is 17.0 Å². The van der Waals surface area contributed by atoms with Gasteiger partial charge in [-0.1, -0.05) is 31.2 Å². The molecule has 0 aliphatic rings. The number of nitrogens with one attached hydrogen (secondary N) is 2. The van der Waals surface area contributed by atoms with Gasteiger partial charge >= 0.3 is 0 Å². The Kier molecular flexibility index (Phi) is 7.31. The third kappa shape index (κ3) is 6.99. The number of hydrogen-bond acceptors (Lipinski definition) is 4. The third-order valence-electron chi connectivity index (χ3n) is 3.03. The topological polar surface area (TPSA) is 82.8 Å². The lowest BCUT2D eigenvalue weighted by atomic mass is 10.1. The van der Waals surface area contributed by atoms with Crippen LogP contribution in [0.25, 0.3) is 0 Å².